The molecule has 6 nitrogen and oxygen atoms in total. The Kier molecular flexibility index (Phi) is 7.29. The Morgan fingerprint density at radius 3 is 2.31 bits per heavy atom. The minimum atomic E-state index is -0.516. The topological polar surface area (TPSA) is 76.7 Å². The van der Waals surface area contributed by atoms with E-state index in [1.165, 1.54) is 22.6 Å². The summed E-state index contributed by atoms with van der Waals surface area (Å²) in [6, 6.07) is 12.5. The Labute approximate surface area is 161 Å². The standard InChI is InChI=1S/C19H22BrN3O3/c1-3-22(4-2)13-15-7-5-14(6-8-15)12-21-19(24)16-9-10-17(20)18(11-16)23(25)26/h5-11H,3-4,12-13H2,1-2H3,(H,21,24)/p+1. The fourth-order valence-corrected chi connectivity index (χ4v) is 3.03. The lowest BCUT2D eigenvalue weighted by Gasteiger charge is -2.15. The van der Waals surface area contributed by atoms with Gasteiger partial charge in [-0.2, -0.15) is 0 Å². The first-order valence-electron chi connectivity index (χ1n) is 8.58. The average Bonchev–Trinajstić information content (AvgIpc) is 2.65. The highest BCUT2D eigenvalue weighted by molar-refractivity contribution is 9.10. The van der Waals surface area contributed by atoms with Crippen LogP contribution in [0.5, 0.6) is 0 Å². The van der Waals surface area contributed by atoms with E-state index in [0.717, 1.165) is 25.2 Å². The van der Waals surface area contributed by atoms with Crippen molar-refractivity contribution >= 4 is 27.5 Å². The van der Waals surface area contributed by atoms with Crippen LogP contribution < -0.4 is 10.2 Å². The number of quaternary nitrogens is 1. The van der Waals surface area contributed by atoms with E-state index in [4.69, 9.17) is 0 Å². The van der Waals surface area contributed by atoms with E-state index in [9.17, 15) is 14.9 Å². The van der Waals surface area contributed by atoms with E-state index < -0.39 is 4.92 Å². The van der Waals surface area contributed by atoms with Crippen LogP contribution in [0, 0.1) is 10.1 Å². The number of halogens is 1. The Bertz CT molecular complexity index is 774. The fourth-order valence-electron chi connectivity index (χ4n) is 2.64. The second-order valence-corrected chi connectivity index (χ2v) is 6.91. The molecule has 0 fully saturated rings. The number of nitro benzene ring substituents is 1. The van der Waals surface area contributed by atoms with Crippen molar-refractivity contribution in [1.29, 1.82) is 0 Å². The quantitative estimate of drug-likeness (QED) is 0.509. The lowest BCUT2D eigenvalue weighted by molar-refractivity contribution is -0.910. The number of nitro groups is 1. The Morgan fingerprint density at radius 2 is 1.73 bits per heavy atom. The maximum atomic E-state index is 12.2. The van der Waals surface area contributed by atoms with Gasteiger partial charge in [0.05, 0.1) is 22.5 Å². The molecule has 0 aliphatic heterocycles. The van der Waals surface area contributed by atoms with Gasteiger partial charge in [-0.25, -0.2) is 0 Å². The molecule has 2 rings (SSSR count). The highest BCUT2D eigenvalue weighted by atomic mass is 79.9. The van der Waals surface area contributed by atoms with Crippen molar-refractivity contribution in [3.05, 3.63) is 73.7 Å². The smallest absolute Gasteiger partial charge is 0.284 e. The van der Waals surface area contributed by atoms with Crippen LogP contribution in [-0.2, 0) is 13.1 Å². The summed E-state index contributed by atoms with van der Waals surface area (Å²) in [5.74, 6) is -0.336. The van der Waals surface area contributed by atoms with Gasteiger partial charge in [0.2, 0.25) is 0 Å². The lowest BCUT2D eigenvalue weighted by atomic mass is 10.1. The largest absolute Gasteiger partial charge is 0.348 e. The number of rotatable bonds is 8. The minimum absolute atomic E-state index is 0.124. The maximum absolute atomic E-state index is 12.2. The Balaban J connectivity index is 1.97. The molecule has 2 aromatic rings. The van der Waals surface area contributed by atoms with Gasteiger partial charge in [0.15, 0.2) is 0 Å². The number of amides is 1. The van der Waals surface area contributed by atoms with Gasteiger partial charge in [0.25, 0.3) is 11.6 Å². The van der Waals surface area contributed by atoms with Crippen LogP contribution in [0.3, 0.4) is 0 Å². The maximum Gasteiger partial charge on any atom is 0.284 e. The second kappa shape index (κ2) is 9.45. The first-order chi connectivity index (χ1) is 12.4. The third kappa shape index (κ3) is 5.37. The molecular formula is C19H23BrN3O3+. The van der Waals surface area contributed by atoms with Crippen LogP contribution in [0.25, 0.3) is 0 Å². The zero-order valence-corrected chi connectivity index (χ0v) is 16.5. The molecule has 0 saturated carbocycles. The molecule has 138 valence electrons. The van der Waals surface area contributed by atoms with Gasteiger partial charge in [-0.15, -0.1) is 0 Å². The highest BCUT2D eigenvalue weighted by Crippen LogP contribution is 2.25. The molecule has 0 spiro atoms. The van der Waals surface area contributed by atoms with Gasteiger partial charge in [-0.3, -0.25) is 14.9 Å². The average molecular weight is 421 g/mol. The van der Waals surface area contributed by atoms with E-state index in [2.05, 4.69) is 47.2 Å². The van der Waals surface area contributed by atoms with Crippen molar-refractivity contribution in [2.45, 2.75) is 26.9 Å². The number of benzene rings is 2. The first kappa shape index (κ1) is 20.1. The molecule has 0 radical (unpaired) electrons. The third-order valence-electron chi connectivity index (χ3n) is 4.34. The zero-order valence-electron chi connectivity index (χ0n) is 14.9. The highest BCUT2D eigenvalue weighted by Gasteiger charge is 2.15. The SMILES string of the molecule is CC[NH+](CC)Cc1ccc(CNC(=O)c2ccc(Br)c([N+](=O)[O-])c2)cc1. The minimum Gasteiger partial charge on any atom is -0.348 e. The molecular weight excluding hydrogens is 398 g/mol. The van der Waals surface area contributed by atoms with E-state index >= 15 is 0 Å². The summed E-state index contributed by atoms with van der Waals surface area (Å²) in [5, 5.41) is 13.8. The van der Waals surface area contributed by atoms with Crippen LogP contribution in [0.2, 0.25) is 0 Å². The number of hydrogen-bond donors (Lipinski definition) is 2. The number of carbonyl (C=O) groups excluding carboxylic acids is 1. The van der Waals surface area contributed by atoms with E-state index in [1.807, 2.05) is 12.1 Å². The first-order valence-corrected chi connectivity index (χ1v) is 9.37. The van der Waals surface area contributed by atoms with Gasteiger partial charge in [0.1, 0.15) is 6.54 Å². The molecule has 0 aromatic heterocycles. The molecule has 1 amide bonds. The predicted molar refractivity (Wildman–Crippen MR) is 104 cm³/mol. The van der Waals surface area contributed by atoms with Crippen LogP contribution in [-0.4, -0.2) is 23.9 Å². The summed E-state index contributed by atoms with van der Waals surface area (Å²) in [7, 11) is 0. The van der Waals surface area contributed by atoms with E-state index in [0.29, 0.717) is 11.0 Å². The van der Waals surface area contributed by atoms with Crippen molar-refractivity contribution in [3.63, 3.8) is 0 Å². The summed E-state index contributed by atoms with van der Waals surface area (Å²) < 4.78 is 0.352. The van der Waals surface area contributed by atoms with Crippen LogP contribution in [0.4, 0.5) is 5.69 Å². The molecule has 0 bridgehead atoms. The Hall–Kier alpha value is -2.25. The molecule has 26 heavy (non-hydrogen) atoms. The van der Waals surface area contributed by atoms with Gasteiger partial charge in [0, 0.05) is 23.7 Å². The van der Waals surface area contributed by atoms with Crippen molar-refractivity contribution in [1.82, 2.24) is 5.32 Å². The molecule has 0 heterocycles. The summed E-state index contributed by atoms with van der Waals surface area (Å²) in [6.45, 7) is 7.90. The van der Waals surface area contributed by atoms with Gasteiger partial charge in [-0.1, -0.05) is 24.3 Å². The zero-order chi connectivity index (χ0) is 19.1. The summed E-state index contributed by atoms with van der Waals surface area (Å²) >= 11 is 3.11. The molecule has 7 heteroatoms. The molecule has 0 aliphatic rings. The fraction of sp³-hybridized carbons (Fsp3) is 0.316. The van der Waals surface area contributed by atoms with Crippen LogP contribution in [0.15, 0.2) is 46.9 Å². The predicted octanol–water partition coefficient (Wildman–Crippen LogP) is 2.71. The summed E-state index contributed by atoms with van der Waals surface area (Å²) in [6.07, 6.45) is 0. The molecule has 2 N–H and O–H groups in total. The molecule has 0 aliphatic carbocycles. The van der Waals surface area contributed by atoms with Crippen LogP contribution in [0.1, 0.15) is 35.3 Å². The van der Waals surface area contributed by atoms with Crippen molar-refractivity contribution < 1.29 is 14.6 Å². The molecule has 0 saturated heterocycles. The second-order valence-electron chi connectivity index (χ2n) is 6.06. The molecule has 0 unspecified atom stereocenters. The van der Waals surface area contributed by atoms with E-state index in [-0.39, 0.29) is 17.2 Å². The monoisotopic (exact) mass is 420 g/mol. The lowest BCUT2D eigenvalue weighted by Crippen LogP contribution is -3.10. The normalized spacial score (nSPS) is 10.8. The van der Waals surface area contributed by atoms with Gasteiger partial charge in [-0.05, 0) is 47.5 Å². The number of carbonyl (C=O) groups is 1. The Morgan fingerprint density at radius 1 is 1.12 bits per heavy atom. The van der Waals surface area contributed by atoms with Crippen LogP contribution >= 0.6 is 15.9 Å². The van der Waals surface area contributed by atoms with Gasteiger partial charge >= 0.3 is 0 Å². The number of nitrogens with one attached hydrogen (secondary N) is 2. The summed E-state index contributed by atoms with van der Waals surface area (Å²) in [4.78, 5) is 24.2. The third-order valence-corrected chi connectivity index (χ3v) is 5.01. The molecule has 2 aromatic carbocycles. The molecule has 0 atom stereocenters. The van der Waals surface area contributed by atoms with Gasteiger partial charge < -0.3 is 10.2 Å². The van der Waals surface area contributed by atoms with Crippen molar-refractivity contribution in [2.75, 3.05) is 13.1 Å². The van der Waals surface area contributed by atoms with Crippen molar-refractivity contribution in [3.8, 4) is 0 Å². The number of hydrogen-bond acceptors (Lipinski definition) is 3. The van der Waals surface area contributed by atoms with E-state index in [1.54, 1.807) is 6.07 Å². The van der Waals surface area contributed by atoms with Crippen molar-refractivity contribution in [2.24, 2.45) is 0 Å². The number of nitrogens with zero attached hydrogens (tertiary/aromatic N) is 1. The summed E-state index contributed by atoms with van der Waals surface area (Å²) in [5.41, 5.74) is 2.40.